The van der Waals surface area contributed by atoms with Crippen LogP contribution in [0.25, 0.3) is 6.08 Å². The minimum absolute atomic E-state index is 0.0739. The van der Waals surface area contributed by atoms with Crippen molar-refractivity contribution >= 4 is 50.7 Å². The summed E-state index contributed by atoms with van der Waals surface area (Å²) < 4.78 is 17.2. The number of hydrogen-bond donors (Lipinski definition) is 1. The molecule has 0 radical (unpaired) electrons. The number of aliphatic imine (C=N–C) groups is 1. The second kappa shape index (κ2) is 12.1. The van der Waals surface area contributed by atoms with Gasteiger partial charge < -0.3 is 19.3 Å². The molecule has 1 aliphatic heterocycles. The Balaban J connectivity index is 2.05. The summed E-state index contributed by atoms with van der Waals surface area (Å²) in [5.74, 6) is -0.450. The molecule has 0 saturated heterocycles. The topological polar surface area (TPSA) is 94.4 Å². The normalized spacial score (nSPS) is 15.6. The smallest absolute Gasteiger partial charge is 0.344 e. The highest BCUT2D eigenvalue weighted by Crippen LogP contribution is 2.42. The summed E-state index contributed by atoms with van der Waals surface area (Å²) in [6.45, 7) is 8.37. The summed E-state index contributed by atoms with van der Waals surface area (Å²) >= 11 is 4.54. The maximum Gasteiger partial charge on any atom is 0.344 e. The molecule has 0 fully saturated rings. The molecule has 184 valence electrons. The number of thioether (sulfide) groups is 1. The first kappa shape index (κ1) is 26.6. The zero-order valence-electron chi connectivity index (χ0n) is 19.9. The molecule has 0 spiro atoms. The number of carbonyl (C=O) groups is 2. The largest absolute Gasteiger partial charge is 0.506 e. The number of carbonyl (C=O) groups excluding carboxylic acids is 2. The molecule has 0 saturated carbocycles. The Labute approximate surface area is 217 Å². The van der Waals surface area contributed by atoms with Crippen molar-refractivity contribution in [2.75, 3.05) is 19.8 Å². The van der Waals surface area contributed by atoms with E-state index < -0.39 is 11.9 Å². The van der Waals surface area contributed by atoms with Crippen molar-refractivity contribution < 1.29 is 28.9 Å². The Morgan fingerprint density at radius 1 is 1.03 bits per heavy atom. The van der Waals surface area contributed by atoms with Gasteiger partial charge in [-0.3, -0.25) is 4.79 Å². The van der Waals surface area contributed by atoms with E-state index in [-0.39, 0.29) is 23.0 Å². The summed E-state index contributed by atoms with van der Waals surface area (Å²) in [5, 5.41) is 11.0. The Morgan fingerprint density at radius 2 is 1.66 bits per heavy atom. The van der Waals surface area contributed by atoms with Gasteiger partial charge in [-0.15, -0.1) is 0 Å². The molecule has 1 heterocycles. The molecular weight excluding hydrogens is 534 g/mol. The highest BCUT2D eigenvalue weighted by Gasteiger charge is 2.34. The highest BCUT2D eigenvalue weighted by atomic mass is 79.9. The lowest BCUT2D eigenvalue weighted by molar-refractivity contribution is -0.138. The lowest BCUT2D eigenvalue weighted by Crippen LogP contribution is -2.14. The first-order chi connectivity index (χ1) is 16.8. The molecule has 1 aliphatic rings. The molecule has 0 atom stereocenters. The van der Waals surface area contributed by atoms with E-state index in [0.717, 1.165) is 17.3 Å². The van der Waals surface area contributed by atoms with Gasteiger partial charge in [0, 0.05) is 10.0 Å². The molecule has 2 aromatic carbocycles. The van der Waals surface area contributed by atoms with Crippen molar-refractivity contribution in [3.05, 3.63) is 73.8 Å². The number of aliphatic hydroxyl groups is 1. The molecule has 0 bridgehead atoms. The van der Waals surface area contributed by atoms with E-state index in [9.17, 15) is 14.7 Å². The predicted octanol–water partition coefficient (Wildman–Crippen LogP) is 6.26. The van der Waals surface area contributed by atoms with Gasteiger partial charge in [-0.05, 0) is 63.6 Å². The lowest BCUT2D eigenvalue weighted by Gasteiger charge is -2.13. The molecular formula is C26H26BrNO6S. The van der Waals surface area contributed by atoms with Gasteiger partial charge >= 0.3 is 5.97 Å². The fourth-order valence-corrected chi connectivity index (χ4v) is 4.62. The number of hydrogen-bond acceptors (Lipinski definition) is 7. The molecule has 9 heteroatoms. The van der Waals surface area contributed by atoms with E-state index in [4.69, 9.17) is 14.2 Å². The second-order valence-corrected chi connectivity index (χ2v) is 9.21. The first-order valence-corrected chi connectivity index (χ1v) is 12.7. The fourth-order valence-electron chi connectivity index (χ4n) is 3.18. The molecule has 3 rings (SSSR count). The van der Waals surface area contributed by atoms with Crippen LogP contribution in [0, 0.1) is 6.92 Å². The molecule has 2 aromatic rings. The van der Waals surface area contributed by atoms with Gasteiger partial charge in [0.05, 0.1) is 24.7 Å². The van der Waals surface area contributed by atoms with Gasteiger partial charge in [-0.2, -0.15) is 0 Å². The summed E-state index contributed by atoms with van der Waals surface area (Å²) in [6, 6.07) is 10.5. The maximum atomic E-state index is 12.8. The molecule has 7 nitrogen and oxygen atoms in total. The molecule has 0 unspecified atom stereocenters. The average Bonchev–Trinajstić information content (AvgIpc) is 3.12. The molecule has 35 heavy (non-hydrogen) atoms. The van der Waals surface area contributed by atoms with Crippen LogP contribution in [-0.2, 0) is 9.53 Å². The van der Waals surface area contributed by atoms with Crippen LogP contribution in [0.3, 0.4) is 0 Å². The third-order valence-corrected chi connectivity index (χ3v) is 6.53. The molecule has 1 N–H and O–H groups in total. The Kier molecular flexibility index (Phi) is 9.17. The van der Waals surface area contributed by atoms with Crippen LogP contribution in [0.5, 0.6) is 11.5 Å². The number of rotatable bonds is 8. The van der Waals surface area contributed by atoms with Gasteiger partial charge in [-0.1, -0.05) is 45.4 Å². The number of ether oxygens (including phenoxy) is 3. The van der Waals surface area contributed by atoms with E-state index in [0.29, 0.717) is 45.2 Å². The first-order valence-electron chi connectivity index (χ1n) is 11.1. The van der Waals surface area contributed by atoms with Crippen molar-refractivity contribution in [2.24, 2.45) is 4.99 Å². The zero-order valence-corrected chi connectivity index (χ0v) is 22.3. The van der Waals surface area contributed by atoms with Gasteiger partial charge in [0.2, 0.25) is 0 Å². The zero-order chi connectivity index (χ0) is 25.5. The fraction of sp³-hybridized carbons (Fsp3) is 0.269. The summed E-state index contributed by atoms with van der Waals surface area (Å²) in [4.78, 5) is 29.9. The predicted molar refractivity (Wildman–Crippen MR) is 141 cm³/mol. The number of halogens is 1. The van der Waals surface area contributed by atoms with Crippen molar-refractivity contribution in [3.63, 3.8) is 0 Å². The number of nitrogens with zero attached hydrogens (tertiary/aromatic N) is 1. The summed E-state index contributed by atoms with van der Waals surface area (Å²) in [6.07, 6.45) is 1.68. The standard InChI is InChI=1S/C26H26BrNO6S/c1-5-32-19-12-17(18(27)14-20(19)33-6-2)13-21-23(29)22(26(31)34-7-3)25(35-21)28-24(30)16-10-8-15(4)9-11-16/h8-14,29H,5-7H2,1-4H3/b21-13-,28-25?. The minimum Gasteiger partial charge on any atom is -0.506 e. The van der Waals surface area contributed by atoms with E-state index in [2.05, 4.69) is 20.9 Å². The highest BCUT2D eigenvalue weighted by molar-refractivity contribution is 9.10. The van der Waals surface area contributed by atoms with Crippen molar-refractivity contribution in [1.29, 1.82) is 0 Å². The molecule has 0 aromatic heterocycles. The molecule has 0 aliphatic carbocycles. The van der Waals surface area contributed by atoms with Crippen LogP contribution in [0.4, 0.5) is 0 Å². The minimum atomic E-state index is -0.753. The number of amides is 1. The Hall–Kier alpha value is -3.04. The van der Waals surface area contributed by atoms with Crippen LogP contribution >= 0.6 is 27.7 Å². The van der Waals surface area contributed by atoms with Crippen LogP contribution in [0.1, 0.15) is 42.3 Å². The summed E-state index contributed by atoms with van der Waals surface area (Å²) in [7, 11) is 0. The van der Waals surface area contributed by atoms with Gasteiger partial charge in [0.25, 0.3) is 5.91 Å². The Morgan fingerprint density at radius 3 is 2.26 bits per heavy atom. The monoisotopic (exact) mass is 559 g/mol. The number of benzene rings is 2. The van der Waals surface area contributed by atoms with Crippen LogP contribution < -0.4 is 9.47 Å². The maximum absolute atomic E-state index is 12.8. The third kappa shape index (κ3) is 6.35. The lowest BCUT2D eigenvalue weighted by atomic mass is 10.1. The van der Waals surface area contributed by atoms with Gasteiger partial charge in [0.15, 0.2) is 11.5 Å². The van der Waals surface area contributed by atoms with Gasteiger partial charge in [0.1, 0.15) is 16.4 Å². The number of aliphatic hydroxyl groups excluding tert-OH is 1. The van der Waals surface area contributed by atoms with E-state index >= 15 is 0 Å². The summed E-state index contributed by atoms with van der Waals surface area (Å²) in [5.41, 5.74) is 1.92. The van der Waals surface area contributed by atoms with Crippen molar-refractivity contribution in [2.45, 2.75) is 27.7 Å². The average molecular weight is 560 g/mol. The SMILES string of the molecule is CCOC(=O)C1=C(O)/C(=C/c2cc(OCC)c(OCC)cc2Br)SC1=NC(=O)c1ccc(C)cc1. The van der Waals surface area contributed by atoms with E-state index in [1.807, 2.05) is 20.8 Å². The number of aryl methyl sites for hydroxylation is 1. The van der Waals surface area contributed by atoms with E-state index in [1.54, 1.807) is 49.4 Å². The van der Waals surface area contributed by atoms with Crippen LogP contribution in [-0.4, -0.2) is 41.8 Å². The third-order valence-electron chi connectivity index (χ3n) is 4.82. The second-order valence-electron chi connectivity index (χ2n) is 7.33. The van der Waals surface area contributed by atoms with Crippen LogP contribution in [0.15, 0.2) is 62.1 Å². The number of esters is 1. The molecule has 1 amide bonds. The van der Waals surface area contributed by atoms with Gasteiger partial charge in [-0.25, -0.2) is 9.79 Å². The Bertz CT molecular complexity index is 1220. The van der Waals surface area contributed by atoms with Crippen LogP contribution in [0.2, 0.25) is 0 Å². The quantitative estimate of drug-likeness (QED) is 0.381. The van der Waals surface area contributed by atoms with E-state index in [1.165, 1.54) is 0 Å². The van der Waals surface area contributed by atoms with Crippen molar-refractivity contribution in [3.8, 4) is 11.5 Å². The van der Waals surface area contributed by atoms with Crippen molar-refractivity contribution in [1.82, 2.24) is 0 Å².